The van der Waals surface area contributed by atoms with Crippen molar-refractivity contribution in [2.45, 2.75) is 30.0 Å². The number of hydrogen-bond acceptors (Lipinski definition) is 4. The van der Waals surface area contributed by atoms with Gasteiger partial charge < -0.3 is 14.8 Å². The molecule has 0 saturated carbocycles. The number of hydrogen-bond donors (Lipinski definition) is 1. The number of carbonyl (C=O) groups is 1. The summed E-state index contributed by atoms with van der Waals surface area (Å²) in [6, 6.07) is 15.3. The van der Waals surface area contributed by atoms with E-state index in [1.165, 1.54) is 11.8 Å². The van der Waals surface area contributed by atoms with Gasteiger partial charge in [-0.25, -0.2) is 0 Å². The molecule has 0 unspecified atom stereocenters. The lowest BCUT2D eigenvalue weighted by atomic mass is 10.1. The van der Waals surface area contributed by atoms with Crippen molar-refractivity contribution < 1.29 is 14.3 Å². The Morgan fingerprint density at radius 2 is 1.75 bits per heavy atom. The Morgan fingerprint density at radius 3 is 2.38 bits per heavy atom. The molecule has 0 heterocycles. The Morgan fingerprint density at radius 1 is 1.04 bits per heavy atom. The van der Waals surface area contributed by atoms with Crippen molar-refractivity contribution in [3.63, 3.8) is 0 Å². The molecular formula is C19H23NO3S. The molecule has 2 atom stereocenters. The smallest absolute Gasteiger partial charge is 0.233 e. The highest BCUT2D eigenvalue weighted by molar-refractivity contribution is 8.00. The van der Waals surface area contributed by atoms with Crippen molar-refractivity contribution in [3.05, 3.63) is 54.1 Å². The van der Waals surface area contributed by atoms with Crippen LogP contribution in [0.1, 0.15) is 25.5 Å². The van der Waals surface area contributed by atoms with Gasteiger partial charge in [-0.2, -0.15) is 0 Å². The monoisotopic (exact) mass is 345 g/mol. The van der Waals surface area contributed by atoms with Gasteiger partial charge in [-0.1, -0.05) is 18.2 Å². The zero-order valence-corrected chi connectivity index (χ0v) is 15.2. The average molecular weight is 345 g/mol. The molecule has 2 aromatic carbocycles. The Kier molecular flexibility index (Phi) is 6.55. The van der Waals surface area contributed by atoms with Gasteiger partial charge in [-0.15, -0.1) is 11.8 Å². The van der Waals surface area contributed by atoms with E-state index in [9.17, 15) is 4.79 Å². The van der Waals surface area contributed by atoms with Gasteiger partial charge in [0.05, 0.1) is 25.5 Å². The van der Waals surface area contributed by atoms with Crippen LogP contribution in [0.3, 0.4) is 0 Å². The highest BCUT2D eigenvalue weighted by Gasteiger charge is 2.19. The topological polar surface area (TPSA) is 47.6 Å². The Bertz CT molecular complexity index is 676. The molecule has 0 bridgehead atoms. The zero-order valence-electron chi connectivity index (χ0n) is 14.4. The lowest BCUT2D eigenvalue weighted by molar-refractivity contribution is -0.120. The Balaban J connectivity index is 2.05. The molecule has 0 radical (unpaired) electrons. The minimum atomic E-state index is -0.188. The van der Waals surface area contributed by atoms with Crippen molar-refractivity contribution in [2.75, 3.05) is 14.2 Å². The first-order valence-corrected chi connectivity index (χ1v) is 8.67. The summed E-state index contributed by atoms with van der Waals surface area (Å²) < 4.78 is 10.7. The van der Waals surface area contributed by atoms with Gasteiger partial charge in [0.1, 0.15) is 11.5 Å². The van der Waals surface area contributed by atoms with E-state index in [1.54, 1.807) is 14.2 Å². The van der Waals surface area contributed by atoms with Crippen LogP contribution in [0.4, 0.5) is 0 Å². The van der Waals surface area contributed by atoms with Gasteiger partial charge in [-0.3, -0.25) is 4.79 Å². The van der Waals surface area contributed by atoms with E-state index in [0.29, 0.717) is 0 Å². The third kappa shape index (κ3) is 4.68. The largest absolute Gasteiger partial charge is 0.497 e. The lowest BCUT2D eigenvalue weighted by Gasteiger charge is -2.20. The summed E-state index contributed by atoms with van der Waals surface area (Å²) >= 11 is 1.54. The minimum absolute atomic E-state index is 0.0128. The van der Waals surface area contributed by atoms with Gasteiger partial charge >= 0.3 is 0 Å². The molecule has 0 aliphatic rings. The van der Waals surface area contributed by atoms with Crippen LogP contribution < -0.4 is 14.8 Å². The molecule has 0 fully saturated rings. The molecule has 1 N–H and O–H groups in total. The van der Waals surface area contributed by atoms with E-state index in [0.717, 1.165) is 22.0 Å². The first-order valence-electron chi connectivity index (χ1n) is 7.79. The molecule has 0 spiro atoms. The van der Waals surface area contributed by atoms with Gasteiger partial charge in [0, 0.05) is 10.5 Å². The molecule has 4 nitrogen and oxygen atoms in total. The third-order valence-corrected chi connectivity index (χ3v) is 4.80. The Labute approximate surface area is 147 Å². The van der Waals surface area contributed by atoms with E-state index in [1.807, 2.05) is 62.4 Å². The quantitative estimate of drug-likeness (QED) is 0.769. The van der Waals surface area contributed by atoms with Crippen LogP contribution in [0.5, 0.6) is 11.5 Å². The molecule has 0 aromatic heterocycles. The third-order valence-electron chi connectivity index (χ3n) is 3.69. The normalized spacial score (nSPS) is 13.0. The summed E-state index contributed by atoms with van der Waals surface area (Å²) in [5.74, 6) is 1.45. The van der Waals surface area contributed by atoms with Crippen LogP contribution in [-0.4, -0.2) is 25.4 Å². The maximum atomic E-state index is 12.5. The van der Waals surface area contributed by atoms with Crippen molar-refractivity contribution in [2.24, 2.45) is 0 Å². The number of rotatable bonds is 7. The van der Waals surface area contributed by atoms with Crippen LogP contribution in [-0.2, 0) is 4.79 Å². The SMILES string of the molecule is COc1ccc(OC)c([C@@H](C)NC(=O)[C@H](C)Sc2ccccc2)c1. The maximum Gasteiger partial charge on any atom is 0.233 e. The second-order valence-electron chi connectivity index (χ2n) is 5.41. The number of benzene rings is 2. The molecule has 0 aliphatic heterocycles. The van der Waals surface area contributed by atoms with E-state index < -0.39 is 0 Å². The van der Waals surface area contributed by atoms with Gasteiger partial charge in [0.25, 0.3) is 0 Å². The van der Waals surface area contributed by atoms with Crippen molar-refractivity contribution in [1.29, 1.82) is 0 Å². The van der Waals surface area contributed by atoms with E-state index in [-0.39, 0.29) is 17.2 Å². The minimum Gasteiger partial charge on any atom is -0.497 e. The van der Waals surface area contributed by atoms with E-state index in [2.05, 4.69) is 5.32 Å². The van der Waals surface area contributed by atoms with Crippen LogP contribution in [0, 0.1) is 0 Å². The van der Waals surface area contributed by atoms with Gasteiger partial charge in [-0.05, 0) is 44.2 Å². The van der Waals surface area contributed by atoms with Crippen molar-refractivity contribution in [1.82, 2.24) is 5.32 Å². The number of ether oxygens (including phenoxy) is 2. The summed E-state index contributed by atoms with van der Waals surface area (Å²) in [5.41, 5.74) is 0.891. The standard InChI is InChI=1S/C19H23NO3S/c1-13(17-12-15(22-3)10-11-18(17)23-4)20-19(21)14(2)24-16-8-6-5-7-9-16/h5-14H,1-4H3,(H,20,21)/t13-,14+/m1/s1. The number of nitrogens with one attached hydrogen (secondary N) is 1. The van der Waals surface area contributed by atoms with Crippen molar-refractivity contribution >= 4 is 17.7 Å². The fraction of sp³-hybridized carbons (Fsp3) is 0.316. The van der Waals surface area contributed by atoms with E-state index in [4.69, 9.17) is 9.47 Å². The first-order chi connectivity index (χ1) is 11.5. The molecular weight excluding hydrogens is 322 g/mol. The summed E-state index contributed by atoms with van der Waals surface area (Å²) in [5, 5.41) is 2.86. The summed E-state index contributed by atoms with van der Waals surface area (Å²) in [7, 11) is 3.24. The lowest BCUT2D eigenvalue weighted by Crippen LogP contribution is -2.33. The number of carbonyl (C=O) groups excluding carboxylic acids is 1. The highest BCUT2D eigenvalue weighted by Crippen LogP contribution is 2.30. The van der Waals surface area contributed by atoms with Crippen LogP contribution in [0.25, 0.3) is 0 Å². The number of thioether (sulfide) groups is 1. The predicted molar refractivity (Wildman–Crippen MR) is 97.9 cm³/mol. The summed E-state index contributed by atoms with van der Waals surface area (Å²) in [6.45, 7) is 3.84. The van der Waals surface area contributed by atoms with Crippen LogP contribution in [0.15, 0.2) is 53.4 Å². The molecule has 2 aromatic rings. The first kappa shape index (κ1) is 18.2. The van der Waals surface area contributed by atoms with Gasteiger partial charge in [0.2, 0.25) is 5.91 Å². The maximum absolute atomic E-state index is 12.5. The van der Waals surface area contributed by atoms with E-state index >= 15 is 0 Å². The second kappa shape index (κ2) is 8.64. The summed E-state index contributed by atoms with van der Waals surface area (Å²) in [4.78, 5) is 13.6. The molecule has 24 heavy (non-hydrogen) atoms. The second-order valence-corrected chi connectivity index (χ2v) is 6.83. The van der Waals surface area contributed by atoms with Gasteiger partial charge in [0.15, 0.2) is 0 Å². The fourth-order valence-electron chi connectivity index (χ4n) is 2.34. The highest BCUT2D eigenvalue weighted by atomic mass is 32.2. The molecule has 0 aliphatic carbocycles. The Hall–Kier alpha value is -2.14. The molecule has 0 saturated heterocycles. The molecule has 128 valence electrons. The zero-order chi connectivity index (χ0) is 17.5. The summed E-state index contributed by atoms with van der Waals surface area (Å²) in [6.07, 6.45) is 0. The molecule has 2 rings (SSSR count). The number of methoxy groups -OCH3 is 2. The average Bonchev–Trinajstić information content (AvgIpc) is 2.61. The predicted octanol–water partition coefficient (Wildman–Crippen LogP) is 4.06. The number of amides is 1. The van der Waals surface area contributed by atoms with Crippen molar-refractivity contribution in [3.8, 4) is 11.5 Å². The van der Waals surface area contributed by atoms with Crippen LogP contribution >= 0.6 is 11.8 Å². The van der Waals surface area contributed by atoms with Crippen LogP contribution in [0.2, 0.25) is 0 Å². The molecule has 5 heteroatoms. The molecule has 1 amide bonds. The fourth-order valence-corrected chi connectivity index (χ4v) is 3.24.